The van der Waals surface area contributed by atoms with Crippen LogP contribution in [-0.4, -0.2) is 45.2 Å². The van der Waals surface area contributed by atoms with Gasteiger partial charge in [0.1, 0.15) is 17.3 Å². The van der Waals surface area contributed by atoms with Crippen molar-refractivity contribution < 1.29 is 31.9 Å². The van der Waals surface area contributed by atoms with Gasteiger partial charge in [0.15, 0.2) is 6.61 Å². The van der Waals surface area contributed by atoms with E-state index in [1.54, 1.807) is 12.1 Å². The van der Waals surface area contributed by atoms with E-state index in [2.05, 4.69) is 21.2 Å². The largest absolute Gasteiger partial charge is 0.484 e. The summed E-state index contributed by atoms with van der Waals surface area (Å²) >= 11 is 9.48. The number of ether oxygens (including phenoxy) is 1. The average Bonchev–Trinajstić information content (AvgIpc) is 3.32. The molecule has 0 radical (unpaired) electrons. The minimum Gasteiger partial charge on any atom is -0.484 e. The molecule has 2 amide bonds. The number of carbonyl (C=O) groups is 2. The van der Waals surface area contributed by atoms with E-state index in [0.29, 0.717) is 9.50 Å². The number of aromatic nitrogens is 2. The van der Waals surface area contributed by atoms with Crippen molar-refractivity contribution >= 4 is 39.3 Å². The zero-order chi connectivity index (χ0) is 33.3. The number of hydrogen-bond acceptors (Lipinski definition) is 5. The number of benzene rings is 3. The van der Waals surface area contributed by atoms with Crippen LogP contribution in [0.4, 0.5) is 17.6 Å². The Hall–Kier alpha value is -4.61. The Bertz CT molecular complexity index is 1940. The predicted octanol–water partition coefficient (Wildman–Crippen LogP) is 6.15. The lowest BCUT2D eigenvalue weighted by Gasteiger charge is -2.28. The molecule has 238 valence electrons. The van der Waals surface area contributed by atoms with E-state index in [1.807, 2.05) is 6.07 Å². The van der Waals surface area contributed by atoms with E-state index in [4.69, 9.17) is 21.6 Å². The number of amides is 2. The summed E-state index contributed by atoms with van der Waals surface area (Å²) in [4.78, 5) is 42.5. The molecule has 0 fully saturated rings. The molecule has 0 saturated carbocycles. The third-order valence-electron chi connectivity index (χ3n) is 7.29. The molecular weight excluding hydrogens is 698 g/mol. The maximum absolute atomic E-state index is 14.8. The van der Waals surface area contributed by atoms with E-state index in [-0.39, 0.29) is 59.1 Å². The smallest absolute Gasteiger partial charge is 0.422 e. The SMILES string of the molecule is C[C@H](NC(=O)c1c2n(c(=O)n1-c1ccc(OCC(F)(F)F)cc1)CCN(C(=O)c1ccc(Br)c(Cl)c1)C2)c1ccc(C#N)cc1F. The molecule has 1 atom stereocenters. The molecule has 0 unspecified atom stereocenters. The Morgan fingerprint density at radius 2 is 1.83 bits per heavy atom. The van der Waals surface area contributed by atoms with Gasteiger partial charge in [-0.3, -0.25) is 18.7 Å². The van der Waals surface area contributed by atoms with E-state index in [9.17, 15) is 31.9 Å². The average molecular weight is 721 g/mol. The van der Waals surface area contributed by atoms with Crippen molar-refractivity contribution in [2.45, 2.75) is 32.2 Å². The van der Waals surface area contributed by atoms with Crippen LogP contribution in [0.2, 0.25) is 5.02 Å². The van der Waals surface area contributed by atoms with Gasteiger partial charge < -0.3 is 15.0 Å². The minimum absolute atomic E-state index is 0.0318. The van der Waals surface area contributed by atoms with Gasteiger partial charge >= 0.3 is 11.9 Å². The van der Waals surface area contributed by atoms with Gasteiger partial charge in [-0.2, -0.15) is 18.4 Å². The molecule has 0 spiro atoms. The number of nitriles is 1. The van der Waals surface area contributed by atoms with Crippen molar-refractivity contribution in [3.63, 3.8) is 0 Å². The van der Waals surface area contributed by atoms with Crippen LogP contribution in [0.5, 0.6) is 5.75 Å². The molecule has 46 heavy (non-hydrogen) atoms. The molecule has 2 heterocycles. The minimum atomic E-state index is -4.56. The summed E-state index contributed by atoms with van der Waals surface area (Å²) in [6.45, 7) is 0.0143. The molecule has 1 N–H and O–H groups in total. The van der Waals surface area contributed by atoms with Gasteiger partial charge in [0.2, 0.25) is 0 Å². The number of imidazole rings is 1. The van der Waals surface area contributed by atoms with Gasteiger partial charge in [0.05, 0.1) is 40.6 Å². The molecule has 3 aromatic carbocycles. The first-order valence-corrected chi connectivity index (χ1v) is 14.8. The second-order valence-electron chi connectivity index (χ2n) is 10.4. The number of fused-ring (bicyclic) bond motifs is 1. The Morgan fingerprint density at radius 3 is 2.46 bits per heavy atom. The Labute approximate surface area is 272 Å². The van der Waals surface area contributed by atoms with Gasteiger partial charge in [-0.05, 0) is 77.5 Å². The second kappa shape index (κ2) is 13.0. The van der Waals surface area contributed by atoms with Crippen LogP contribution in [0.1, 0.15) is 50.6 Å². The van der Waals surface area contributed by atoms with Crippen LogP contribution in [-0.2, 0) is 13.1 Å². The second-order valence-corrected chi connectivity index (χ2v) is 11.6. The molecule has 9 nitrogen and oxygen atoms in total. The highest BCUT2D eigenvalue weighted by Gasteiger charge is 2.33. The van der Waals surface area contributed by atoms with E-state index >= 15 is 0 Å². The first-order valence-electron chi connectivity index (χ1n) is 13.7. The van der Waals surface area contributed by atoms with Crippen LogP contribution in [0.25, 0.3) is 5.69 Å². The fraction of sp³-hybridized carbons (Fsp3) is 0.226. The number of rotatable bonds is 7. The van der Waals surface area contributed by atoms with Crippen molar-refractivity contribution in [1.82, 2.24) is 19.4 Å². The summed E-state index contributed by atoms with van der Waals surface area (Å²) in [5, 5.41) is 12.1. The molecule has 0 bridgehead atoms. The number of nitrogens with one attached hydrogen (secondary N) is 1. The Morgan fingerprint density at radius 1 is 1.11 bits per heavy atom. The number of hydrogen-bond donors (Lipinski definition) is 1. The van der Waals surface area contributed by atoms with Gasteiger partial charge in [-0.25, -0.2) is 9.18 Å². The lowest BCUT2D eigenvalue weighted by molar-refractivity contribution is -0.153. The number of nitrogens with zero attached hydrogens (tertiary/aromatic N) is 4. The third kappa shape index (κ3) is 6.80. The molecule has 4 aromatic rings. The van der Waals surface area contributed by atoms with E-state index in [0.717, 1.165) is 10.6 Å². The molecule has 15 heteroatoms. The van der Waals surface area contributed by atoms with E-state index < -0.39 is 42.1 Å². The lowest BCUT2D eigenvalue weighted by atomic mass is 10.1. The fourth-order valence-corrected chi connectivity index (χ4v) is 5.49. The normalized spacial score (nSPS) is 13.5. The molecule has 1 aliphatic heterocycles. The zero-order valence-electron chi connectivity index (χ0n) is 23.9. The summed E-state index contributed by atoms with van der Waals surface area (Å²) in [6, 6.07) is 14.5. The molecule has 1 aromatic heterocycles. The van der Waals surface area contributed by atoms with Crippen LogP contribution in [0.15, 0.2) is 69.9 Å². The molecular formula is C31H23BrClF4N5O4. The van der Waals surface area contributed by atoms with Gasteiger partial charge in [0, 0.05) is 28.7 Å². The van der Waals surface area contributed by atoms with Crippen molar-refractivity contribution in [1.29, 1.82) is 5.26 Å². The first-order chi connectivity index (χ1) is 21.8. The highest BCUT2D eigenvalue weighted by Crippen LogP contribution is 2.27. The third-order valence-corrected chi connectivity index (χ3v) is 8.52. The van der Waals surface area contributed by atoms with Gasteiger partial charge in [-0.15, -0.1) is 0 Å². The predicted molar refractivity (Wildman–Crippen MR) is 162 cm³/mol. The molecule has 0 saturated heterocycles. The number of alkyl halides is 3. The summed E-state index contributed by atoms with van der Waals surface area (Å²) < 4.78 is 60.5. The van der Waals surface area contributed by atoms with Crippen LogP contribution in [0.3, 0.4) is 0 Å². The molecule has 1 aliphatic rings. The van der Waals surface area contributed by atoms with Crippen molar-refractivity contribution in [2.75, 3.05) is 13.2 Å². The quantitative estimate of drug-likeness (QED) is 0.231. The highest BCUT2D eigenvalue weighted by molar-refractivity contribution is 9.10. The zero-order valence-corrected chi connectivity index (χ0v) is 26.2. The Kier molecular flexibility index (Phi) is 9.27. The van der Waals surface area contributed by atoms with Crippen LogP contribution >= 0.6 is 27.5 Å². The van der Waals surface area contributed by atoms with Crippen molar-refractivity contribution in [3.8, 4) is 17.5 Å². The maximum atomic E-state index is 14.8. The summed E-state index contributed by atoms with van der Waals surface area (Å²) in [6.07, 6.45) is -4.56. The summed E-state index contributed by atoms with van der Waals surface area (Å²) in [5.41, 5.74) is 0.0236. The van der Waals surface area contributed by atoms with Crippen LogP contribution in [0, 0.1) is 17.1 Å². The monoisotopic (exact) mass is 719 g/mol. The molecule has 0 aliphatic carbocycles. The van der Waals surface area contributed by atoms with Crippen molar-refractivity contribution in [2.24, 2.45) is 0 Å². The Balaban J connectivity index is 1.53. The van der Waals surface area contributed by atoms with Crippen LogP contribution < -0.4 is 15.7 Å². The fourth-order valence-electron chi connectivity index (χ4n) is 5.06. The lowest BCUT2D eigenvalue weighted by Crippen LogP contribution is -2.41. The highest BCUT2D eigenvalue weighted by atomic mass is 79.9. The molecule has 5 rings (SSSR count). The van der Waals surface area contributed by atoms with Gasteiger partial charge in [0.25, 0.3) is 11.8 Å². The first kappa shape index (κ1) is 32.8. The number of carbonyl (C=O) groups excluding carboxylic acids is 2. The van der Waals surface area contributed by atoms with Crippen molar-refractivity contribution in [3.05, 3.63) is 115 Å². The standard InChI is InChI=1S/C31H23BrClF4N5O4/c1-17(22-8-2-18(14-38)12-25(22)34)39-28(43)27-26-15-40(29(44)19-3-9-23(32)24(33)13-19)10-11-41(26)30(45)42(27)20-4-6-21(7-5-20)46-16-31(35,36)37/h2-9,12-13,17H,10-11,15-16H2,1H3,(H,39,43)/t17-/m0/s1. The number of halogens is 6. The van der Waals surface area contributed by atoms with Gasteiger partial charge in [-0.1, -0.05) is 17.7 Å². The van der Waals surface area contributed by atoms with E-state index in [1.165, 1.54) is 58.9 Å². The topological polar surface area (TPSA) is 109 Å². The summed E-state index contributed by atoms with van der Waals surface area (Å²) in [5.74, 6) is -2.01. The maximum Gasteiger partial charge on any atom is 0.422 e. The summed E-state index contributed by atoms with van der Waals surface area (Å²) in [7, 11) is 0.